The van der Waals surface area contributed by atoms with E-state index in [1.54, 1.807) is 0 Å². The topological polar surface area (TPSA) is 149 Å². The van der Waals surface area contributed by atoms with Gasteiger partial charge in [-0.25, -0.2) is 4.57 Å². The van der Waals surface area contributed by atoms with Crippen molar-refractivity contribution in [2.75, 3.05) is 26.4 Å². The molecule has 0 aliphatic rings. The molecule has 0 fully saturated rings. The lowest BCUT2D eigenvalue weighted by Gasteiger charge is -2.20. The Bertz CT molecular complexity index is 863. The van der Waals surface area contributed by atoms with Crippen molar-refractivity contribution in [1.82, 2.24) is 0 Å². The molecule has 0 bridgehead atoms. The van der Waals surface area contributed by atoms with Crippen molar-refractivity contribution in [3.63, 3.8) is 0 Å². The van der Waals surface area contributed by atoms with E-state index >= 15 is 0 Å². The number of ether oxygens (including phenoxy) is 2. The van der Waals surface area contributed by atoms with Gasteiger partial charge in [-0.05, 0) is 44.9 Å². The molecule has 0 amide bonds. The molecule has 282 valence electrons. The largest absolute Gasteiger partial charge is 0.472 e. The van der Waals surface area contributed by atoms with Gasteiger partial charge in [0.15, 0.2) is 0 Å². The van der Waals surface area contributed by atoms with Crippen LogP contribution in [0.15, 0.2) is 24.3 Å². The lowest BCUT2D eigenvalue weighted by Crippen LogP contribution is -2.28. The minimum atomic E-state index is -4.60. The zero-order chi connectivity index (χ0) is 35.6. The van der Waals surface area contributed by atoms with E-state index in [2.05, 4.69) is 31.2 Å². The van der Waals surface area contributed by atoms with E-state index in [1.165, 1.54) is 89.9 Å². The molecule has 0 rings (SSSR count). The summed E-state index contributed by atoms with van der Waals surface area (Å²) in [6.07, 6.45) is 31.6. The Morgan fingerprint density at radius 2 is 0.938 bits per heavy atom. The van der Waals surface area contributed by atoms with Gasteiger partial charge in [0, 0.05) is 12.8 Å². The first kappa shape index (κ1) is 46.5. The smallest absolute Gasteiger partial charge is 0.457 e. The fourth-order valence-corrected chi connectivity index (χ4v) is 5.73. The number of unbranched alkanes of at least 4 members (excludes halogenated alkanes) is 17. The third kappa shape index (κ3) is 31.7. The summed E-state index contributed by atoms with van der Waals surface area (Å²) < 4.78 is 31.9. The Morgan fingerprint density at radius 1 is 0.562 bits per heavy atom. The Balaban J connectivity index is 3.75. The molecule has 0 radical (unpaired) electrons. The maximum Gasteiger partial charge on any atom is 0.472 e. The van der Waals surface area contributed by atoms with Crippen LogP contribution in [0.3, 0.4) is 0 Å². The number of esters is 2. The van der Waals surface area contributed by atoms with E-state index in [-0.39, 0.29) is 12.8 Å². The van der Waals surface area contributed by atoms with Crippen molar-refractivity contribution in [2.24, 2.45) is 0 Å². The molecular weight excluding hydrogens is 635 g/mol. The van der Waals surface area contributed by atoms with E-state index in [0.717, 1.165) is 32.1 Å². The number of hydrogen-bond acceptors (Lipinski definition) is 9. The SMILES string of the molecule is CCCCCCC/C=C\C/C=C\CCCCCCCCCCCCCC(=O)OC(CO)COP(=O)(O)OCC(CO)OC(=O)CCCC. The van der Waals surface area contributed by atoms with Crippen LogP contribution in [0.2, 0.25) is 0 Å². The Labute approximate surface area is 291 Å². The standard InChI is InChI=1S/C37H69O10P/c1-3-5-7-8-9-10-11-12-13-14-15-16-17-18-19-20-21-22-23-24-25-26-27-29-37(41)47-35(31-39)33-45-48(42,43)44-32-34(30-38)46-36(40)28-6-4-2/h11-12,14-15,34-35,38-39H,3-10,13,16-33H2,1-2H3,(H,42,43)/b12-11-,15-14-. The van der Waals surface area contributed by atoms with Gasteiger partial charge in [-0.1, -0.05) is 128 Å². The van der Waals surface area contributed by atoms with Crippen molar-refractivity contribution in [2.45, 2.75) is 174 Å². The monoisotopic (exact) mass is 704 g/mol. The fraction of sp³-hybridized carbons (Fsp3) is 0.838. The number of aliphatic hydroxyl groups excluding tert-OH is 2. The number of rotatable bonds is 35. The molecule has 0 aliphatic heterocycles. The number of carbonyl (C=O) groups is 2. The maximum atomic E-state index is 12.2. The molecule has 0 spiro atoms. The molecule has 0 aromatic carbocycles. The van der Waals surface area contributed by atoms with Crippen molar-refractivity contribution in [3.05, 3.63) is 24.3 Å². The van der Waals surface area contributed by atoms with Gasteiger partial charge in [-0.2, -0.15) is 0 Å². The molecule has 0 saturated carbocycles. The molecule has 3 N–H and O–H groups in total. The zero-order valence-corrected chi connectivity index (χ0v) is 31.1. The van der Waals surface area contributed by atoms with Crippen LogP contribution >= 0.6 is 7.82 Å². The molecule has 48 heavy (non-hydrogen) atoms. The summed E-state index contributed by atoms with van der Waals surface area (Å²) in [4.78, 5) is 33.7. The van der Waals surface area contributed by atoms with Gasteiger partial charge in [0.2, 0.25) is 0 Å². The molecule has 11 heteroatoms. The molecule has 3 unspecified atom stereocenters. The van der Waals surface area contributed by atoms with Gasteiger partial charge in [-0.3, -0.25) is 18.6 Å². The second kappa shape index (κ2) is 33.9. The zero-order valence-electron chi connectivity index (χ0n) is 30.2. The number of hydrogen-bond donors (Lipinski definition) is 3. The van der Waals surface area contributed by atoms with Crippen LogP contribution in [-0.2, 0) is 32.7 Å². The summed E-state index contributed by atoms with van der Waals surface area (Å²) in [7, 11) is -4.60. The van der Waals surface area contributed by atoms with E-state index < -0.39 is 58.4 Å². The first-order chi connectivity index (χ1) is 23.3. The van der Waals surface area contributed by atoms with E-state index in [9.17, 15) is 29.3 Å². The average Bonchev–Trinajstić information content (AvgIpc) is 3.07. The normalized spacial score (nSPS) is 14.4. The second-order valence-corrected chi connectivity index (χ2v) is 14.0. The summed E-state index contributed by atoms with van der Waals surface area (Å²) in [5.41, 5.74) is 0. The van der Waals surface area contributed by atoms with Gasteiger partial charge >= 0.3 is 19.8 Å². The van der Waals surface area contributed by atoms with Gasteiger partial charge in [-0.15, -0.1) is 0 Å². The van der Waals surface area contributed by atoms with Crippen molar-refractivity contribution >= 4 is 19.8 Å². The molecule has 10 nitrogen and oxygen atoms in total. The van der Waals surface area contributed by atoms with Crippen molar-refractivity contribution < 1.29 is 47.8 Å². The van der Waals surface area contributed by atoms with E-state index in [4.69, 9.17) is 18.5 Å². The summed E-state index contributed by atoms with van der Waals surface area (Å²) in [6, 6.07) is 0. The summed E-state index contributed by atoms with van der Waals surface area (Å²) in [5, 5.41) is 18.8. The highest BCUT2D eigenvalue weighted by Crippen LogP contribution is 2.43. The third-order valence-electron chi connectivity index (χ3n) is 7.92. The lowest BCUT2D eigenvalue weighted by molar-refractivity contribution is -0.153. The van der Waals surface area contributed by atoms with E-state index in [1.807, 2.05) is 6.92 Å². The highest BCUT2D eigenvalue weighted by Gasteiger charge is 2.27. The van der Waals surface area contributed by atoms with Gasteiger partial charge in [0.05, 0.1) is 26.4 Å². The minimum Gasteiger partial charge on any atom is -0.457 e. The van der Waals surface area contributed by atoms with Crippen LogP contribution in [0.25, 0.3) is 0 Å². The fourth-order valence-electron chi connectivity index (χ4n) is 4.95. The maximum absolute atomic E-state index is 12.2. The van der Waals surface area contributed by atoms with Crippen LogP contribution in [0.5, 0.6) is 0 Å². The van der Waals surface area contributed by atoms with Crippen LogP contribution in [0.4, 0.5) is 0 Å². The number of phosphoric ester groups is 1. The molecule has 0 saturated heterocycles. The molecule has 0 aliphatic carbocycles. The summed E-state index contributed by atoms with van der Waals surface area (Å²) in [5.74, 6) is -1.06. The molecule has 0 heterocycles. The predicted molar refractivity (Wildman–Crippen MR) is 191 cm³/mol. The second-order valence-electron chi connectivity index (χ2n) is 12.6. The Kier molecular flexibility index (Phi) is 32.8. The van der Waals surface area contributed by atoms with Crippen LogP contribution < -0.4 is 0 Å². The van der Waals surface area contributed by atoms with Crippen LogP contribution in [-0.4, -0.2) is 65.7 Å². The van der Waals surface area contributed by atoms with Crippen LogP contribution in [0, 0.1) is 0 Å². The van der Waals surface area contributed by atoms with Crippen molar-refractivity contribution in [3.8, 4) is 0 Å². The summed E-state index contributed by atoms with van der Waals surface area (Å²) >= 11 is 0. The van der Waals surface area contributed by atoms with E-state index in [0.29, 0.717) is 12.8 Å². The number of allylic oxidation sites excluding steroid dienone is 4. The van der Waals surface area contributed by atoms with Gasteiger partial charge < -0.3 is 24.6 Å². The van der Waals surface area contributed by atoms with Crippen LogP contribution in [0.1, 0.15) is 162 Å². The molecule has 0 aromatic rings. The average molecular weight is 705 g/mol. The Morgan fingerprint density at radius 3 is 1.35 bits per heavy atom. The quantitative estimate of drug-likeness (QED) is 0.0252. The number of aliphatic hydroxyl groups is 2. The summed E-state index contributed by atoms with van der Waals surface area (Å²) in [6.45, 7) is 1.88. The number of phosphoric acid groups is 1. The van der Waals surface area contributed by atoms with Gasteiger partial charge in [0.25, 0.3) is 0 Å². The minimum absolute atomic E-state index is 0.168. The highest BCUT2D eigenvalue weighted by atomic mass is 31.2. The highest BCUT2D eigenvalue weighted by molar-refractivity contribution is 7.47. The number of carbonyl (C=O) groups excluding carboxylic acids is 2. The first-order valence-electron chi connectivity index (χ1n) is 18.8. The first-order valence-corrected chi connectivity index (χ1v) is 20.3. The Hall–Kier alpha value is -1.55. The lowest BCUT2D eigenvalue weighted by atomic mass is 10.0. The molecule has 0 aromatic heterocycles. The third-order valence-corrected chi connectivity index (χ3v) is 8.87. The predicted octanol–water partition coefficient (Wildman–Crippen LogP) is 9.05. The molecule has 3 atom stereocenters. The molecular formula is C37H69O10P. The van der Waals surface area contributed by atoms with Crippen molar-refractivity contribution in [1.29, 1.82) is 0 Å². The van der Waals surface area contributed by atoms with Gasteiger partial charge in [0.1, 0.15) is 12.2 Å².